The lowest BCUT2D eigenvalue weighted by Crippen LogP contribution is -2.26. The first-order valence-corrected chi connectivity index (χ1v) is 9.35. The first-order chi connectivity index (χ1) is 14.1. The maximum Gasteiger partial charge on any atom is 0.339 e. The topological polar surface area (TPSA) is 112 Å². The van der Waals surface area contributed by atoms with E-state index in [4.69, 9.17) is 9.15 Å². The molecule has 1 heterocycles. The zero-order valence-corrected chi connectivity index (χ0v) is 17.5. The Morgan fingerprint density at radius 2 is 1.73 bits per heavy atom. The second-order valence-electron chi connectivity index (χ2n) is 7.99. The van der Waals surface area contributed by atoms with Crippen LogP contribution in [0.1, 0.15) is 73.2 Å². The SMILES string of the molecule is COC(=O)c1ccc(C(=O)OC)c(NC(=O)c2oc3c(c2C)C(=O)CC(C)(C)C3)c1. The molecule has 0 saturated carbocycles. The number of fused-ring (bicyclic) bond motifs is 1. The third-order valence-electron chi connectivity index (χ3n) is 5.08. The van der Waals surface area contributed by atoms with E-state index in [2.05, 4.69) is 10.1 Å². The summed E-state index contributed by atoms with van der Waals surface area (Å²) in [5, 5.41) is 2.59. The van der Waals surface area contributed by atoms with E-state index in [0.717, 1.165) is 0 Å². The molecule has 8 nitrogen and oxygen atoms in total. The summed E-state index contributed by atoms with van der Waals surface area (Å²) in [5.41, 5.74) is 0.907. The molecule has 0 bridgehead atoms. The number of ketones is 1. The van der Waals surface area contributed by atoms with Crippen molar-refractivity contribution in [1.82, 2.24) is 0 Å². The molecule has 1 aromatic heterocycles. The highest BCUT2D eigenvalue weighted by Crippen LogP contribution is 2.38. The highest BCUT2D eigenvalue weighted by molar-refractivity contribution is 6.10. The number of ether oxygens (including phenoxy) is 2. The van der Waals surface area contributed by atoms with E-state index in [1.54, 1.807) is 6.92 Å². The minimum absolute atomic E-state index is 0.00895. The molecule has 1 amide bonds. The van der Waals surface area contributed by atoms with E-state index in [0.29, 0.717) is 29.7 Å². The zero-order chi connectivity index (χ0) is 22.2. The molecule has 1 N–H and O–H groups in total. The van der Waals surface area contributed by atoms with Gasteiger partial charge in [0.15, 0.2) is 11.5 Å². The Kier molecular flexibility index (Phi) is 5.52. The van der Waals surface area contributed by atoms with Crippen molar-refractivity contribution in [2.75, 3.05) is 19.5 Å². The fourth-order valence-corrected chi connectivity index (χ4v) is 3.66. The van der Waals surface area contributed by atoms with Gasteiger partial charge in [-0.15, -0.1) is 0 Å². The van der Waals surface area contributed by atoms with Gasteiger partial charge in [-0.3, -0.25) is 9.59 Å². The summed E-state index contributed by atoms with van der Waals surface area (Å²) >= 11 is 0. The molecule has 8 heteroatoms. The Bertz CT molecular complexity index is 1060. The molecule has 0 radical (unpaired) electrons. The molecule has 1 aliphatic rings. The van der Waals surface area contributed by atoms with Gasteiger partial charge in [0.05, 0.1) is 36.6 Å². The van der Waals surface area contributed by atoms with Crippen LogP contribution < -0.4 is 5.32 Å². The molecular formula is C22H23NO7. The molecule has 30 heavy (non-hydrogen) atoms. The number of amides is 1. The van der Waals surface area contributed by atoms with Gasteiger partial charge in [-0.05, 0) is 30.5 Å². The van der Waals surface area contributed by atoms with Crippen LogP contribution in [-0.4, -0.2) is 37.8 Å². The molecule has 0 fully saturated rings. The van der Waals surface area contributed by atoms with E-state index in [1.165, 1.54) is 32.4 Å². The average molecular weight is 413 g/mol. The number of methoxy groups -OCH3 is 2. The molecule has 0 saturated heterocycles. The molecule has 0 spiro atoms. The molecular weight excluding hydrogens is 390 g/mol. The Hall–Kier alpha value is -3.42. The fourth-order valence-electron chi connectivity index (χ4n) is 3.66. The van der Waals surface area contributed by atoms with E-state index < -0.39 is 17.8 Å². The number of nitrogens with one attached hydrogen (secondary N) is 1. The summed E-state index contributed by atoms with van der Waals surface area (Å²) in [6.45, 7) is 5.58. The molecule has 0 atom stereocenters. The molecule has 0 unspecified atom stereocenters. The predicted octanol–water partition coefficient (Wildman–Crippen LogP) is 3.57. The van der Waals surface area contributed by atoms with Crippen molar-refractivity contribution in [2.45, 2.75) is 33.6 Å². The number of rotatable bonds is 4. The minimum atomic E-state index is -0.686. The molecule has 0 aliphatic heterocycles. The number of carbonyl (C=O) groups excluding carboxylic acids is 4. The summed E-state index contributed by atoms with van der Waals surface area (Å²) in [6.07, 6.45) is 0.905. The van der Waals surface area contributed by atoms with Gasteiger partial charge in [0, 0.05) is 18.4 Å². The van der Waals surface area contributed by atoms with Crippen molar-refractivity contribution < 1.29 is 33.1 Å². The van der Waals surface area contributed by atoms with Crippen LogP contribution >= 0.6 is 0 Å². The monoisotopic (exact) mass is 413 g/mol. The lowest BCUT2D eigenvalue weighted by molar-refractivity contribution is 0.0587. The first-order valence-electron chi connectivity index (χ1n) is 9.35. The van der Waals surface area contributed by atoms with E-state index in [-0.39, 0.29) is 33.8 Å². The highest BCUT2D eigenvalue weighted by Gasteiger charge is 2.37. The number of hydrogen-bond donors (Lipinski definition) is 1. The maximum absolute atomic E-state index is 13.0. The minimum Gasteiger partial charge on any atom is -0.465 e. The number of hydrogen-bond acceptors (Lipinski definition) is 7. The van der Waals surface area contributed by atoms with Gasteiger partial charge in [-0.1, -0.05) is 13.8 Å². The molecule has 2 aromatic rings. The third-order valence-corrected chi connectivity index (χ3v) is 5.08. The van der Waals surface area contributed by atoms with Crippen LogP contribution in [-0.2, 0) is 15.9 Å². The predicted molar refractivity (Wildman–Crippen MR) is 107 cm³/mol. The van der Waals surface area contributed by atoms with Crippen molar-refractivity contribution in [1.29, 1.82) is 0 Å². The number of furan rings is 1. The van der Waals surface area contributed by atoms with Crippen molar-refractivity contribution >= 4 is 29.3 Å². The number of anilines is 1. The summed E-state index contributed by atoms with van der Waals surface area (Å²) in [6, 6.07) is 4.08. The summed E-state index contributed by atoms with van der Waals surface area (Å²) in [4.78, 5) is 49.4. The van der Waals surface area contributed by atoms with Crippen molar-refractivity contribution in [3.63, 3.8) is 0 Å². The normalized spacial score (nSPS) is 14.6. The van der Waals surface area contributed by atoms with Crippen LogP contribution in [0.4, 0.5) is 5.69 Å². The van der Waals surface area contributed by atoms with Gasteiger partial charge in [-0.2, -0.15) is 0 Å². The third kappa shape index (κ3) is 3.85. The summed E-state index contributed by atoms with van der Waals surface area (Å²) in [5.74, 6) is -1.54. The average Bonchev–Trinajstić information content (AvgIpc) is 3.01. The van der Waals surface area contributed by atoms with Crippen LogP contribution in [0.2, 0.25) is 0 Å². The van der Waals surface area contributed by atoms with Crippen LogP contribution in [0.5, 0.6) is 0 Å². The van der Waals surface area contributed by atoms with Gasteiger partial charge < -0.3 is 19.2 Å². The molecule has 1 aromatic carbocycles. The lowest BCUT2D eigenvalue weighted by atomic mass is 9.76. The Balaban J connectivity index is 1.99. The van der Waals surface area contributed by atoms with Gasteiger partial charge in [0.2, 0.25) is 0 Å². The number of carbonyl (C=O) groups is 4. The fraction of sp³-hybridized carbons (Fsp3) is 0.364. The second-order valence-corrected chi connectivity index (χ2v) is 7.99. The van der Waals surface area contributed by atoms with Crippen LogP contribution in [0.15, 0.2) is 22.6 Å². The first kappa shape index (κ1) is 21.3. The summed E-state index contributed by atoms with van der Waals surface area (Å²) in [7, 11) is 2.43. The smallest absolute Gasteiger partial charge is 0.339 e. The quantitative estimate of drug-likeness (QED) is 0.763. The molecule has 1 aliphatic carbocycles. The van der Waals surface area contributed by atoms with Crippen molar-refractivity contribution in [3.05, 3.63) is 52.0 Å². The Morgan fingerprint density at radius 1 is 1.07 bits per heavy atom. The van der Waals surface area contributed by atoms with Crippen LogP contribution in [0.3, 0.4) is 0 Å². The van der Waals surface area contributed by atoms with E-state index in [9.17, 15) is 19.2 Å². The molecule has 3 rings (SSSR count). The van der Waals surface area contributed by atoms with E-state index in [1.807, 2.05) is 13.8 Å². The number of benzene rings is 1. The summed E-state index contributed by atoms with van der Waals surface area (Å²) < 4.78 is 15.2. The molecule has 158 valence electrons. The Morgan fingerprint density at radius 3 is 2.37 bits per heavy atom. The van der Waals surface area contributed by atoms with Crippen molar-refractivity contribution in [2.24, 2.45) is 5.41 Å². The largest absolute Gasteiger partial charge is 0.465 e. The van der Waals surface area contributed by atoms with Crippen LogP contribution in [0.25, 0.3) is 0 Å². The van der Waals surface area contributed by atoms with E-state index >= 15 is 0 Å². The van der Waals surface area contributed by atoms with Gasteiger partial charge >= 0.3 is 11.9 Å². The highest BCUT2D eigenvalue weighted by atomic mass is 16.5. The van der Waals surface area contributed by atoms with Crippen molar-refractivity contribution in [3.8, 4) is 0 Å². The standard InChI is InChI=1S/C22H23NO7/c1-11-17-15(24)9-22(2,3)10-16(17)30-18(11)19(25)23-14-8-12(20(26)28-4)6-7-13(14)21(27)29-5/h6-8H,9-10H2,1-5H3,(H,23,25). The van der Waals surface area contributed by atoms with Gasteiger partial charge in [0.25, 0.3) is 5.91 Å². The van der Waals surface area contributed by atoms with Crippen LogP contribution in [0, 0.1) is 12.3 Å². The van der Waals surface area contributed by atoms with Gasteiger partial charge in [-0.25, -0.2) is 9.59 Å². The number of Topliss-reactive ketones (excluding diaryl/α,β-unsaturated/α-hetero) is 1. The number of esters is 2. The Labute approximate surface area is 173 Å². The second kappa shape index (κ2) is 7.78. The maximum atomic E-state index is 13.0. The van der Waals surface area contributed by atoms with Gasteiger partial charge in [0.1, 0.15) is 5.76 Å². The lowest BCUT2D eigenvalue weighted by Gasteiger charge is -2.27. The zero-order valence-electron chi connectivity index (χ0n) is 17.5.